The van der Waals surface area contributed by atoms with Gasteiger partial charge < -0.3 is 4.42 Å². The van der Waals surface area contributed by atoms with Crippen LogP contribution in [-0.4, -0.2) is 0 Å². The molecule has 1 aliphatic carbocycles. The van der Waals surface area contributed by atoms with Crippen LogP contribution in [0, 0.1) is 0 Å². The van der Waals surface area contributed by atoms with Gasteiger partial charge in [0.15, 0.2) is 0 Å². The number of rotatable bonds is 2. The van der Waals surface area contributed by atoms with E-state index in [0.29, 0.717) is 0 Å². The second-order valence-corrected chi connectivity index (χ2v) is 11.6. The Kier molecular flexibility index (Phi) is 4.51. The van der Waals surface area contributed by atoms with Crippen molar-refractivity contribution in [3.8, 4) is 44.5 Å². The fraction of sp³-hybridized carbons (Fsp3) is 0. The standard InChI is InChI=1S/C42H24O/c1-2-11-25(12-3-1)38-28-15-4-6-17-30(28)40(31-18-7-5-16-29(31)38)27-23-35-34-20-9-14-26-13-8-19-32(39(26)34)33-21-10-22-36-41(33)42(35)37(24-27)43-36/h1-24H. The Hall–Kier alpha value is -5.66. The summed E-state index contributed by atoms with van der Waals surface area (Å²) < 4.78 is 6.70. The van der Waals surface area contributed by atoms with Crippen LogP contribution in [0.1, 0.15) is 0 Å². The monoisotopic (exact) mass is 544 g/mol. The van der Waals surface area contributed by atoms with Gasteiger partial charge >= 0.3 is 0 Å². The summed E-state index contributed by atoms with van der Waals surface area (Å²) in [5.41, 5.74) is 11.8. The first kappa shape index (κ1) is 23.0. The molecule has 0 unspecified atom stereocenters. The first-order valence-electron chi connectivity index (χ1n) is 14.9. The Morgan fingerprint density at radius 3 is 1.49 bits per heavy atom. The van der Waals surface area contributed by atoms with Gasteiger partial charge in [0.25, 0.3) is 0 Å². The first-order chi connectivity index (χ1) is 21.3. The minimum atomic E-state index is 0.931. The summed E-state index contributed by atoms with van der Waals surface area (Å²) in [6, 6.07) is 53.0. The van der Waals surface area contributed by atoms with Gasteiger partial charge in [-0.3, -0.25) is 0 Å². The van der Waals surface area contributed by atoms with Crippen LogP contribution in [0.3, 0.4) is 0 Å². The van der Waals surface area contributed by atoms with Gasteiger partial charge in [-0.2, -0.15) is 0 Å². The molecule has 1 aromatic heterocycles. The highest BCUT2D eigenvalue weighted by Crippen LogP contribution is 2.51. The molecule has 0 fully saturated rings. The van der Waals surface area contributed by atoms with Gasteiger partial charge in [-0.05, 0) is 95.0 Å². The van der Waals surface area contributed by atoms with E-state index in [0.717, 1.165) is 11.2 Å². The van der Waals surface area contributed by atoms with Crippen LogP contribution < -0.4 is 0 Å². The van der Waals surface area contributed by atoms with Gasteiger partial charge in [-0.1, -0.05) is 127 Å². The fourth-order valence-electron chi connectivity index (χ4n) is 7.67. The van der Waals surface area contributed by atoms with Crippen LogP contribution in [0.2, 0.25) is 0 Å². The SMILES string of the molecule is c1ccc(-c2c3ccccc3c(-c3cc4c5c(c3)oc3cccc(c35)-c3cccc5cccc-4c35)c3ccccc23)cc1. The van der Waals surface area contributed by atoms with Crippen LogP contribution in [-0.2, 0) is 0 Å². The molecular weight excluding hydrogens is 520 g/mol. The van der Waals surface area contributed by atoms with E-state index >= 15 is 0 Å². The smallest absolute Gasteiger partial charge is 0.136 e. The Labute approximate surface area is 248 Å². The molecule has 0 amide bonds. The Bertz CT molecular complexity index is 2540. The molecule has 1 nitrogen and oxygen atoms in total. The van der Waals surface area contributed by atoms with Gasteiger partial charge in [-0.25, -0.2) is 0 Å². The van der Waals surface area contributed by atoms with Crippen molar-refractivity contribution < 1.29 is 4.42 Å². The van der Waals surface area contributed by atoms with Gasteiger partial charge in [-0.15, -0.1) is 0 Å². The zero-order chi connectivity index (χ0) is 28.1. The zero-order valence-electron chi connectivity index (χ0n) is 23.3. The van der Waals surface area contributed by atoms with Crippen LogP contribution in [0.15, 0.2) is 150 Å². The molecule has 9 aromatic rings. The van der Waals surface area contributed by atoms with Crippen LogP contribution in [0.5, 0.6) is 0 Å². The predicted molar refractivity (Wildman–Crippen MR) is 182 cm³/mol. The molecule has 43 heavy (non-hydrogen) atoms. The van der Waals surface area contributed by atoms with Crippen molar-refractivity contribution in [1.29, 1.82) is 0 Å². The number of furan rings is 1. The average molecular weight is 545 g/mol. The normalized spacial score (nSPS) is 12.2. The molecule has 0 aliphatic heterocycles. The summed E-state index contributed by atoms with van der Waals surface area (Å²) >= 11 is 0. The van der Waals surface area contributed by atoms with E-state index in [1.54, 1.807) is 0 Å². The van der Waals surface area contributed by atoms with Gasteiger partial charge in [0, 0.05) is 10.8 Å². The third-order valence-electron chi connectivity index (χ3n) is 9.37. The van der Waals surface area contributed by atoms with Crippen LogP contribution in [0.4, 0.5) is 0 Å². The lowest BCUT2D eigenvalue weighted by Crippen LogP contribution is -1.91. The molecule has 0 saturated carbocycles. The van der Waals surface area contributed by atoms with Gasteiger partial charge in [0.05, 0.1) is 0 Å². The van der Waals surface area contributed by atoms with Crippen LogP contribution >= 0.6 is 0 Å². The van der Waals surface area contributed by atoms with Crippen molar-refractivity contribution in [1.82, 2.24) is 0 Å². The maximum absolute atomic E-state index is 6.70. The molecule has 8 aromatic carbocycles. The maximum atomic E-state index is 6.70. The first-order valence-corrected chi connectivity index (χ1v) is 14.9. The predicted octanol–water partition coefficient (Wildman–Crippen LogP) is 12.0. The molecule has 1 heteroatoms. The minimum Gasteiger partial charge on any atom is -0.456 e. The second kappa shape index (κ2) is 8.44. The molecular formula is C42H24O. The Morgan fingerprint density at radius 2 is 0.837 bits per heavy atom. The van der Waals surface area contributed by atoms with Crippen LogP contribution in [0.25, 0.3) is 98.8 Å². The number of benzene rings is 8. The molecule has 10 rings (SSSR count). The number of hydrogen-bond acceptors (Lipinski definition) is 1. The molecule has 0 radical (unpaired) electrons. The summed E-state index contributed by atoms with van der Waals surface area (Å²) in [5, 5.41) is 9.98. The summed E-state index contributed by atoms with van der Waals surface area (Å²) in [4.78, 5) is 0. The molecule has 0 saturated heterocycles. The number of fused-ring (bicyclic) bond motifs is 4. The lowest BCUT2D eigenvalue weighted by Gasteiger charge is -2.18. The molecule has 1 heterocycles. The third-order valence-corrected chi connectivity index (χ3v) is 9.37. The average Bonchev–Trinajstić information content (AvgIpc) is 3.39. The summed E-state index contributed by atoms with van der Waals surface area (Å²) in [6.45, 7) is 0. The lowest BCUT2D eigenvalue weighted by atomic mass is 9.85. The van der Waals surface area contributed by atoms with E-state index < -0.39 is 0 Å². The Balaban J connectivity index is 1.40. The summed E-state index contributed by atoms with van der Waals surface area (Å²) in [5.74, 6) is 0. The molecule has 1 aliphatic rings. The van der Waals surface area contributed by atoms with Crippen molar-refractivity contribution in [2.45, 2.75) is 0 Å². The molecule has 0 atom stereocenters. The maximum Gasteiger partial charge on any atom is 0.136 e. The molecule has 0 spiro atoms. The summed E-state index contributed by atoms with van der Waals surface area (Å²) in [6.07, 6.45) is 0. The minimum absolute atomic E-state index is 0.931. The van der Waals surface area contributed by atoms with Crippen molar-refractivity contribution in [2.24, 2.45) is 0 Å². The largest absolute Gasteiger partial charge is 0.456 e. The van der Waals surface area contributed by atoms with Gasteiger partial charge in [0.2, 0.25) is 0 Å². The third kappa shape index (κ3) is 3.06. The second-order valence-electron chi connectivity index (χ2n) is 11.6. The lowest BCUT2D eigenvalue weighted by molar-refractivity contribution is 0.669. The summed E-state index contributed by atoms with van der Waals surface area (Å²) in [7, 11) is 0. The number of hydrogen-bond donors (Lipinski definition) is 0. The van der Waals surface area contributed by atoms with Crippen molar-refractivity contribution in [2.75, 3.05) is 0 Å². The van der Waals surface area contributed by atoms with Crippen molar-refractivity contribution >= 4 is 54.3 Å². The molecule has 198 valence electrons. The fourth-order valence-corrected chi connectivity index (χ4v) is 7.67. The highest BCUT2D eigenvalue weighted by atomic mass is 16.3. The van der Waals surface area contributed by atoms with E-state index in [1.807, 2.05) is 0 Å². The topological polar surface area (TPSA) is 13.1 Å². The van der Waals surface area contributed by atoms with E-state index in [-0.39, 0.29) is 0 Å². The van der Waals surface area contributed by atoms with Crippen molar-refractivity contribution in [3.63, 3.8) is 0 Å². The van der Waals surface area contributed by atoms with E-state index in [9.17, 15) is 0 Å². The van der Waals surface area contributed by atoms with Crippen molar-refractivity contribution in [3.05, 3.63) is 146 Å². The highest BCUT2D eigenvalue weighted by Gasteiger charge is 2.25. The van der Waals surface area contributed by atoms with E-state index in [1.165, 1.54) is 87.6 Å². The molecule has 0 N–H and O–H groups in total. The quantitative estimate of drug-likeness (QED) is 0.197. The molecule has 0 bridgehead atoms. The van der Waals surface area contributed by atoms with E-state index in [2.05, 4.69) is 146 Å². The van der Waals surface area contributed by atoms with Gasteiger partial charge in [0.1, 0.15) is 11.2 Å². The highest BCUT2D eigenvalue weighted by molar-refractivity contribution is 6.27. The zero-order valence-corrected chi connectivity index (χ0v) is 23.3. The Morgan fingerprint density at radius 1 is 0.326 bits per heavy atom. The van der Waals surface area contributed by atoms with E-state index in [4.69, 9.17) is 4.42 Å².